The molecule has 0 amide bonds. The van der Waals surface area contributed by atoms with E-state index in [0.29, 0.717) is 5.89 Å². The summed E-state index contributed by atoms with van der Waals surface area (Å²) in [5, 5.41) is 10.8. The van der Waals surface area contributed by atoms with Gasteiger partial charge in [0.1, 0.15) is 0 Å². The lowest BCUT2D eigenvalue weighted by atomic mass is 10.2. The SMILES string of the molecule is CC(C)CS(=O)(=O)Nc1nnc(C2CCCN2)o1. The Morgan fingerprint density at radius 2 is 2.28 bits per heavy atom. The van der Waals surface area contributed by atoms with Crippen LogP contribution in [0.4, 0.5) is 6.01 Å². The van der Waals surface area contributed by atoms with Gasteiger partial charge < -0.3 is 9.73 Å². The van der Waals surface area contributed by atoms with E-state index in [1.807, 2.05) is 13.8 Å². The van der Waals surface area contributed by atoms with Gasteiger partial charge in [-0.05, 0) is 25.3 Å². The van der Waals surface area contributed by atoms with Gasteiger partial charge in [-0.25, -0.2) is 13.1 Å². The average Bonchev–Trinajstić information content (AvgIpc) is 2.82. The van der Waals surface area contributed by atoms with Gasteiger partial charge in [0.05, 0.1) is 11.8 Å². The minimum atomic E-state index is -3.41. The Morgan fingerprint density at radius 1 is 1.50 bits per heavy atom. The summed E-state index contributed by atoms with van der Waals surface area (Å²) in [4.78, 5) is 0. The van der Waals surface area contributed by atoms with Gasteiger partial charge in [-0.1, -0.05) is 18.9 Å². The van der Waals surface area contributed by atoms with Crippen LogP contribution in [-0.2, 0) is 10.0 Å². The Balaban J connectivity index is 2.02. The van der Waals surface area contributed by atoms with Crippen molar-refractivity contribution < 1.29 is 12.8 Å². The number of rotatable bonds is 5. The van der Waals surface area contributed by atoms with E-state index in [0.717, 1.165) is 19.4 Å². The molecule has 1 fully saturated rings. The summed E-state index contributed by atoms with van der Waals surface area (Å²) in [6, 6.07) is -0.0137. The van der Waals surface area contributed by atoms with Gasteiger partial charge in [0.25, 0.3) is 0 Å². The molecule has 1 unspecified atom stereocenters. The summed E-state index contributed by atoms with van der Waals surface area (Å²) in [5.74, 6) is 0.517. The molecule has 0 spiro atoms. The highest BCUT2D eigenvalue weighted by atomic mass is 32.2. The number of nitrogens with one attached hydrogen (secondary N) is 2. The molecule has 0 radical (unpaired) electrons. The van der Waals surface area contributed by atoms with Crippen molar-refractivity contribution in [2.75, 3.05) is 17.0 Å². The van der Waals surface area contributed by atoms with Crippen LogP contribution in [0.15, 0.2) is 4.42 Å². The second-order valence-electron chi connectivity index (χ2n) is 4.87. The standard InChI is InChI=1S/C10H18N4O3S/c1-7(2)6-18(15,16)14-10-13-12-9(17-10)8-4-3-5-11-8/h7-8,11H,3-6H2,1-2H3,(H,13,14). The lowest BCUT2D eigenvalue weighted by Gasteiger charge is -2.06. The topological polar surface area (TPSA) is 97.1 Å². The zero-order chi connectivity index (χ0) is 13.2. The normalized spacial score (nSPS) is 20.5. The fourth-order valence-corrected chi connectivity index (χ4v) is 3.24. The van der Waals surface area contributed by atoms with Crippen LogP contribution in [0, 0.1) is 5.92 Å². The molecule has 0 saturated carbocycles. The predicted molar refractivity (Wildman–Crippen MR) is 66.5 cm³/mol. The number of sulfonamides is 1. The summed E-state index contributed by atoms with van der Waals surface area (Å²) < 4.78 is 31.0. The molecule has 102 valence electrons. The number of nitrogens with zero attached hydrogens (tertiary/aromatic N) is 2. The number of hydrogen-bond donors (Lipinski definition) is 2. The molecule has 2 rings (SSSR count). The van der Waals surface area contributed by atoms with E-state index in [9.17, 15) is 8.42 Å². The van der Waals surface area contributed by atoms with Gasteiger partial charge in [-0.2, -0.15) is 0 Å². The highest BCUT2D eigenvalue weighted by Crippen LogP contribution is 2.23. The van der Waals surface area contributed by atoms with Crippen molar-refractivity contribution in [3.05, 3.63) is 5.89 Å². The molecule has 2 heterocycles. The lowest BCUT2D eigenvalue weighted by Crippen LogP contribution is -2.20. The van der Waals surface area contributed by atoms with Crippen LogP contribution < -0.4 is 10.0 Å². The fourth-order valence-electron chi connectivity index (χ4n) is 1.93. The van der Waals surface area contributed by atoms with Crippen molar-refractivity contribution >= 4 is 16.0 Å². The van der Waals surface area contributed by atoms with Crippen LogP contribution in [0.5, 0.6) is 0 Å². The lowest BCUT2D eigenvalue weighted by molar-refractivity contribution is 0.439. The maximum absolute atomic E-state index is 11.7. The van der Waals surface area contributed by atoms with Crippen molar-refractivity contribution in [2.24, 2.45) is 5.92 Å². The Kier molecular flexibility index (Phi) is 3.86. The third kappa shape index (κ3) is 3.42. The molecule has 18 heavy (non-hydrogen) atoms. The first-order valence-electron chi connectivity index (χ1n) is 6.03. The van der Waals surface area contributed by atoms with Crippen molar-refractivity contribution in [2.45, 2.75) is 32.7 Å². The van der Waals surface area contributed by atoms with Crippen LogP contribution in [0.2, 0.25) is 0 Å². The molecule has 1 aliphatic heterocycles. The quantitative estimate of drug-likeness (QED) is 0.827. The molecule has 0 bridgehead atoms. The number of aromatic nitrogens is 2. The average molecular weight is 274 g/mol. The largest absolute Gasteiger partial charge is 0.406 e. The molecule has 7 nitrogen and oxygen atoms in total. The van der Waals surface area contributed by atoms with E-state index < -0.39 is 10.0 Å². The molecule has 0 aromatic carbocycles. The third-order valence-electron chi connectivity index (χ3n) is 2.59. The molecular formula is C10H18N4O3S. The molecule has 2 N–H and O–H groups in total. The van der Waals surface area contributed by atoms with E-state index in [4.69, 9.17) is 4.42 Å². The molecule has 1 saturated heterocycles. The molecule has 1 aromatic rings. The second-order valence-corrected chi connectivity index (χ2v) is 6.64. The molecular weight excluding hydrogens is 256 g/mol. The van der Waals surface area contributed by atoms with Gasteiger partial charge in [0, 0.05) is 0 Å². The van der Waals surface area contributed by atoms with E-state index in [1.54, 1.807) is 0 Å². The van der Waals surface area contributed by atoms with Crippen molar-refractivity contribution in [1.82, 2.24) is 15.5 Å². The molecule has 8 heteroatoms. The van der Waals surface area contributed by atoms with E-state index in [2.05, 4.69) is 20.2 Å². The summed E-state index contributed by atoms with van der Waals surface area (Å²) in [6.45, 7) is 4.59. The van der Waals surface area contributed by atoms with Crippen LogP contribution in [-0.4, -0.2) is 30.9 Å². The summed E-state index contributed by atoms with van der Waals surface area (Å²) in [5.41, 5.74) is 0. The van der Waals surface area contributed by atoms with Gasteiger partial charge in [0.2, 0.25) is 15.9 Å². The predicted octanol–water partition coefficient (Wildman–Crippen LogP) is 0.892. The Morgan fingerprint density at radius 3 is 2.89 bits per heavy atom. The van der Waals surface area contributed by atoms with Crippen LogP contribution in [0.3, 0.4) is 0 Å². The summed E-state index contributed by atoms with van der Waals surface area (Å²) in [7, 11) is -3.41. The van der Waals surface area contributed by atoms with Gasteiger partial charge in [-0.15, -0.1) is 5.10 Å². The molecule has 0 aliphatic carbocycles. The molecule has 1 atom stereocenters. The second kappa shape index (κ2) is 5.23. The van der Waals surface area contributed by atoms with E-state index in [1.165, 1.54) is 0 Å². The number of anilines is 1. The fraction of sp³-hybridized carbons (Fsp3) is 0.800. The first-order chi connectivity index (χ1) is 8.46. The maximum atomic E-state index is 11.7. The first kappa shape index (κ1) is 13.3. The van der Waals surface area contributed by atoms with E-state index >= 15 is 0 Å². The Labute approximate surface area is 106 Å². The minimum Gasteiger partial charge on any atom is -0.406 e. The zero-order valence-electron chi connectivity index (χ0n) is 10.5. The summed E-state index contributed by atoms with van der Waals surface area (Å²) in [6.07, 6.45) is 1.99. The first-order valence-corrected chi connectivity index (χ1v) is 7.69. The van der Waals surface area contributed by atoms with Crippen molar-refractivity contribution in [1.29, 1.82) is 0 Å². The van der Waals surface area contributed by atoms with Crippen molar-refractivity contribution in [3.63, 3.8) is 0 Å². The highest BCUT2D eigenvalue weighted by molar-refractivity contribution is 7.92. The zero-order valence-corrected chi connectivity index (χ0v) is 11.3. The maximum Gasteiger partial charge on any atom is 0.329 e. The Hall–Kier alpha value is -1.15. The van der Waals surface area contributed by atoms with Gasteiger partial charge >= 0.3 is 6.01 Å². The molecule has 1 aliphatic rings. The van der Waals surface area contributed by atoms with Crippen LogP contribution in [0.1, 0.15) is 38.6 Å². The summed E-state index contributed by atoms with van der Waals surface area (Å²) >= 11 is 0. The molecule has 1 aromatic heterocycles. The monoisotopic (exact) mass is 274 g/mol. The third-order valence-corrected chi connectivity index (χ3v) is 4.19. The van der Waals surface area contributed by atoms with E-state index in [-0.39, 0.29) is 23.7 Å². The van der Waals surface area contributed by atoms with Gasteiger partial charge in [-0.3, -0.25) is 0 Å². The van der Waals surface area contributed by atoms with Crippen LogP contribution in [0.25, 0.3) is 0 Å². The minimum absolute atomic E-state index is 0.0341. The Bertz CT molecular complexity index is 491. The van der Waals surface area contributed by atoms with Crippen LogP contribution >= 0.6 is 0 Å². The van der Waals surface area contributed by atoms with Crippen molar-refractivity contribution in [3.8, 4) is 0 Å². The smallest absolute Gasteiger partial charge is 0.329 e. The highest BCUT2D eigenvalue weighted by Gasteiger charge is 2.23. The van der Waals surface area contributed by atoms with Gasteiger partial charge in [0.15, 0.2) is 0 Å². The number of hydrogen-bond acceptors (Lipinski definition) is 6.